The van der Waals surface area contributed by atoms with Gasteiger partial charge in [-0.25, -0.2) is 14.5 Å². The second-order valence-electron chi connectivity index (χ2n) is 5.85. The fourth-order valence-corrected chi connectivity index (χ4v) is 3.16. The normalized spacial score (nSPS) is 20.8. The van der Waals surface area contributed by atoms with Crippen LogP contribution in [0.4, 0.5) is 0 Å². The third kappa shape index (κ3) is 1.60. The maximum Gasteiger partial charge on any atom is 0.170 e. The molecule has 0 radical (unpaired) electrons. The van der Waals surface area contributed by atoms with Crippen molar-refractivity contribution in [3.05, 3.63) is 54.2 Å². The van der Waals surface area contributed by atoms with Crippen molar-refractivity contribution in [3.8, 4) is 0 Å². The van der Waals surface area contributed by atoms with Crippen LogP contribution in [0.5, 0.6) is 0 Å². The fourth-order valence-electron chi connectivity index (χ4n) is 3.16. The van der Waals surface area contributed by atoms with E-state index in [1.807, 2.05) is 7.05 Å². The number of hydrogen-bond acceptors (Lipinski definition) is 4. The van der Waals surface area contributed by atoms with Gasteiger partial charge in [-0.1, -0.05) is 30.3 Å². The molecule has 0 N–H and O–H groups in total. The molecule has 3 aromatic heterocycles. The molecule has 0 aliphatic heterocycles. The quantitative estimate of drug-likeness (QED) is 0.568. The van der Waals surface area contributed by atoms with Crippen LogP contribution >= 0.6 is 0 Å². The van der Waals surface area contributed by atoms with Gasteiger partial charge in [-0.15, -0.1) is 5.10 Å². The highest BCUT2D eigenvalue weighted by Crippen LogP contribution is 2.53. The van der Waals surface area contributed by atoms with E-state index in [0.717, 1.165) is 28.9 Å². The van der Waals surface area contributed by atoms with Gasteiger partial charge in [0.25, 0.3) is 0 Å². The standard InChI is InChI=1S/C16H14N6/c1-21-15-13(8-18-21)16-19-14(20-22(16)9-17-15)12-7-11(12)10-5-3-2-4-6-10/h2-6,8-9,11-12H,7H2,1H3/t11-,12+/m0/s1. The van der Waals surface area contributed by atoms with Gasteiger partial charge in [0.05, 0.1) is 11.6 Å². The molecule has 3 heterocycles. The SMILES string of the molecule is Cn1ncc2c1ncn1nc([C@@H]3C[C@H]3c3ccccc3)nc21. The van der Waals surface area contributed by atoms with Gasteiger partial charge in [0.1, 0.15) is 6.33 Å². The Kier molecular flexibility index (Phi) is 2.22. The summed E-state index contributed by atoms with van der Waals surface area (Å²) in [5.74, 6) is 1.86. The van der Waals surface area contributed by atoms with Crippen LogP contribution in [0.25, 0.3) is 16.7 Å². The topological polar surface area (TPSA) is 60.9 Å². The van der Waals surface area contributed by atoms with E-state index in [-0.39, 0.29) is 0 Å². The Morgan fingerprint density at radius 2 is 1.95 bits per heavy atom. The van der Waals surface area contributed by atoms with Gasteiger partial charge in [0, 0.05) is 13.0 Å². The number of aromatic nitrogens is 6. The first-order valence-corrected chi connectivity index (χ1v) is 7.39. The second-order valence-corrected chi connectivity index (χ2v) is 5.85. The molecule has 5 rings (SSSR count). The average molecular weight is 290 g/mol. The highest BCUT2D eigenvalue weighted by atomic mass is 15.3. The molecule has 108 valence electrons. The molecule has 4 aromatic rings. The maximum atomic E-state index is 4.75. The summed E-state index contributed by atoms with van der Waals surface area (Å²) >= 11 is 0. The summed E-state index contributed by atoms with van der Waals surface area (Å²) in [7, 11) is 1.88. The highest BCUT2D eigenvalue weighted by molar-refractivity contribution is 5.88. The average Bonchev–Trinajstić information content (AvgIpc) is 3.09. The van der Waals surface area contributed by atoms with E-state index in [4.69, 9.17) is 4.98 Å². The molecule has 0 spiro atoms. The second kappa shape index (κ2) is 4.13. The van der Waals surface area contributed by atoms with E-state index in [9.17, 15) is 0 Å². The predicted molar refractivity (Wildman–Crippen MR) is 81.6 cm³/mol. The number of fused-ring (bicyclic) bond motifs is 3. The molecule has 22 heavy (non-hydrogen) atoms. The molecule has 0 bridgehead atoms. The Bertz CT molecular complexity index is 984. The summed E-state index contributed by atoms with van der Waals surface area (Å²) in [6.45, 7) is 0. The van der Waals surface area contributed by atoms with Crippen LogP contribution in [0, 0.1) is 0 Å². The Morgan fingerprint density at radius 1 is 1.09 bits per heavy atom. The van der Waals surface area contributed by atoms with Crippen LogP contribution in [0.2, 0.25) is 0 Å². The molecule has 0 unspecified atom stereocenters. The number of rotatable bonds is 2. The first-order valence-electron chi connectivity index (χ1n) is 7.39. The van der Waals surface area contributed by atoms with Crippen LogP contribution in [0.15, 0.2) is 42.9 Å². The number of hydrogen-bond donors (Lipinski definition) is 0. The molecule has 2 atom stereocenters. The van der Waals surface area contributed by atoms with Crippen molar-refractivity contribution < 1.29 is 0 Å². The van der Waals surface area contributed by atoms with E-state index in [0.29, 0.717) is 11.8 Å². The van der Waals surface area contributed by atoms with Gasteiger partial charge in [0.2, 0.25) is 0 Å². The van der Waals surface area contributed by atoms with Crippen LogP contribution in [-0.4, -0.2) is 29.4 Å². The lowest BCUT2D eigenvalue weighted by molar-refractivity contribution is 0.781. The molecular formula is C16H14N6. The molecule has 1 fully saturated rings. The number of nitrogens with zero attached hydrogens (tertiary/aromatic N) is 6. The first kappa shape index (κ1) is 11.9. The zero-order valence-electron chi connectivity index (χ0n) is 12.1. The monoisotopic (exact) mass is 290 g/mol. The van der Waals surface area contributed by atoms with Crippen LogP contribution in [-0.2, 0) is 7.05 Å². The van der Waals surface area contributed by atoms with E-state index < -0.39 is 0 Å². The lowest BCUT2D eigenvalue weighted by Crippen LogP contribution is -1.95. The summed E-state index contributed by atoms with van der Waals surface area (Å²) < 4.78 is 3.52. The van der Waals surface area contributed by atoms with Crippen molar-refractivity contribution in [2.45, 2.75) is 18.3 Å². The van der Waals surface area contributed by atoms with Crippen molar-refractivity contribution in [2.75, 3.05) is 0 Å². The minimum absolute atomic E-state index is 0.411. The Morgan fingerprint density at radius 3 is 2.82 bits per heavy atom. The zero-order valence-corrected chi connectivity index (χ0v) is 12.1. The summed E-state index contributed by atoms with van der Waals surface area (Å²) in [5.41, 5.74) is 3.05. The zero-order chi connectivity index (χ0) is 14.7. The van der Waals surface area contributed by atoms with E-state index >= 15 is 0 Å². The van der Waals surface area contributed by atoms with Crippen molar-refractivity contribution in [2.24, 2.45) is 7.05 Å². The number of benzene rings is 1. The summed E-state index contributed by atoms with van der Waals surface area (Å²) in [6, 6.07) is 10.6. The Hall–Kier alpha value is -2.76. The van der Waals surface area contributed by atoms with Crippen LogP contribution in [0.1, 0.15) is 29.6 Å². The lowest BCUT2D eigenvalue weighted by atomic mass is 10.1. The smallest absolute Gasteiger partial charge is 0.170 e. The van der Waals surface area contributed by atoms with Gasteiger partial charge >= 0.3 is 0 Å². The molecule has 1 aliphatic rings. The summed E-state index contributed by atoms with van der Waals surface area (Å²) in [6.07, 6.45) is 4.64. The third-order valence-corrected chi connectivity index (χ3v) is 4.44. The minimum atomic E-state index is 0.411. The first-order chi connectivity index (χ1) is 10.8. The van der Waals surface area contributed by atoms with Gasteiger partial charge in [-0.2, -0.15) is 5.10 Å². The van der Waals surface area contributed by atoms with Crippen molar-refractivity contribution in [1.29, 1.82) is 0 Å². The Labute approximate surface area is 126 Å². The van der Waals surface area contributed by atoms with Gasteiger partial charge in [-0.3, -0.25) is 4.68 Å². The highest BCUT2D eigenvalue weighted by Gasteiger charge is 2.42. The van der Waals surface area contributed by atoms with Crippen molar-refractivity contribution in [3.63, 3.8) is 0 Å². The Balaban J connectivity index is 1.58. The van der Waals surface area contributed by atoms with Crippen LogP contribution in [0.3, 0.4) is 0 Å². The summed E-state index contributed by atoms with van der Waals surface area (Å²) in [5, 5.41) is 9.81. The molecule has 1 aromatic carbocycles. The minimum Gasteiger partial charge on any atom is -0.250 e. The number of aryl methyl sites for hydroxylation is 1. The molecule has 1 saturated carbocycles. The van der Waals surface area contributed by atoms with Gasteiger partial charge in [0.15, 0.2) is 17.1 Å². The van der Waals surface area contributed by atoms with Gasteiger partial charge in [-0.05, 0) is 17.9 Å². The van der Waals surface area contributed by atoms with E-state index in [1.54, 1.807) is 21.7 Å². The molecule has 0 saturated heterocycles. The van der Waals surface area contributed by atoms with E-state index in [2.05, 4.69) is 45.5 Å². The largest absolute Gasteiger partial charge is 0.250 e. The molecular weight excluding hydrogens is 276 g/mol. The van der Waals surface area contributed by atoms with Crippen molar-refractivity contribution in [1.82, 2.24) is 29.4 Å². The van der Waals surface area contributed by atoms with Crippen LogP contribution < -0.4 is 0 Å². The fraction of sp³-hybridized carbons (Fsp3) is 0.250. The molecule has 1 aliphatic carbocycles. The molecule has 0 amide bonds. The van der Waals surface area contributed by atoms with Gasteiger partial charge < -0.3 is 0 Å². The predicted octanol–water partition coefficient (Wildman–Crippen LogP) is 2.28. The van der Waals surface area contributed by atoms with Crippen molar-refractivity contribution >= 4 is 16.7 Å². The molecule has 6 nitrogen and oxygen atoms in total. The lowest BCUT2D eigenvalue weighted by Gasteiger charge is -1.96. The molecule has 6 heteroatoms. The third-order valence-electron chi connectivity index (χ3n) is 4.44. The maximum absolute atomic E-state index is 4.75. The van der Waals surface area contributed by atoms with E-state index in [1.165, 1.54) is 5.56 Å². The summed E-state index contributed by atoms with van der Waals surface area (Å²) in [4.78, 5) is 9.15.